The number of halogens is 4. The second-order valence-corrected chi connectivity index (χ2v) is 3.75. The fourth-order valence-electron chi connectivity index (χ4n) is 0.845. The number of thiazole rings is 1. The Kier molecular flexibility index (Phi) is 5.81. The van der Waals surface area contributed by atoms with Crippen LogP contribution in [0.4, 0.5) is 17.3 Å². The van der Waals surface area contributed by atoms with Gasteiger partial charge in [0.15, 0.2) is 5.69 Å². The van der Waals surface area contributed by atoms with Crippen molar-refractivity contribution >= 4 is 18.6 Å². The Labute approximate surface area is 89.3 Å². The van der Waals surface area contributed by atoms with E-state index in [0.717, 1.165) is 6.42 Å². The topological polar surface area (TPSA) is 24.1 Å². The number of aliphatic hydroxyl groups excluding tert-OH is 1. The number of nitrogens with zero attached hydrogens (tertiary/aromatic N) is 1. The van der Waals surface area contributed by atoms with E-state index in [1.807, 2.05) is 7.05 Å². The number of aliphatic hydroxyl groups is 1. The van der Waals surface area contributed by atoms with Crippen LogP contribution < -0.4 is 4.57 Å². The van der Waals surface area contributed by atoms with Gasteiger partial charge in [-0.3, -0.25) is 0 Å². The highest BCUT2D eigenvalue weighted by molar-refractivity contribution is 7.09. The molecule has 8 heteroatoms. The maximum absolute atomic E-state index is 9.75. The molecule has 0 amide bonds. The van der Waals surface area contributed by atoms with E-state index in [9.17, 15) is 17.3 Å². The molecule has 1 aromatic heterocycles. The van der Waals surface area contributed by atoms with Crippen LogP contribution in [-0.4, -0.2) is 19.0 Å². The molecule has 0 spiro atoms. The zero-order chi connectivity index (χ0) is 12.1. The fraction of sp³-hybridized carbons (Fsp3) is 0.571. The number of hydrogen-bond donors (Lipinski definition) is 1. The summed E-state index contributed by atoms with van der Waals surface area (Å²) in [6.07, 6.45) is 0.789. The minimum atomic E-state index is -6.00. The molecule has 0 aromatic carbocycles. The first-order valence-corrected chi connectivity index (χ1v) is 5.04. The third-order valence-electron chi connectivity index (χ3n) is 1.62. The van der Waals surface area contributed by atoms with E-state index in [-0.39, 0.29) is 6.61 Å². The first-order chi connectivity index (χ1) is 6.75. The lowest BCUT2D eigenvalue weighted by Crippen LogP contribution is -2.28. The molecule has 2 nitrogen and oxygen atoms in total. The Morgan fingerprint density at radius 2 is 1.87 bits per heavy atom. The van der Waals surface area contributed by atoms with E-state index in [0.29, 0.717) is 0 Å². The molecule has 0 aliphatic heterocycles. The molecule has 1 aromatic rings. The normalized spacial score (nSPS) is 10.9. The zero-order valence-corrected chi connectivity index (χ0v) is 9.20. The van der Waals surface area contributed by atoms with Gasteiger partial charge in [0.2, 0.25) is 5.51 Å². The van der Waals surface area contributed by atoms with Gasteiger partial charge in [0, 0.05) is 20.0 Å². The average Bonchev–Trinajstić information content (AvgIpc) is 2.34. The monoisotopic (exact) mass is 245 g/mol. The maximum Gasteiger partial charge on any atom is 0.673 e. The van der Waals surface area contributed by atoms with Gasteiger partial charge in [-0.25, -0.2) is 0 Å². The van der Waals surface area contributed by atoms with Crippen molar-refractivity contribution in [2.45, 2.75) is 13.3 Å². The Morgan fingerprint density at radius 3 is 2.13 bits per heavy atom. The number of aromatic nitrogens is 1. The lowest BCUT2D eigenvalue weighted by Gasteiger charge is -1.94. The zero-order valence-electron chi connectivity index (χ0n) is 8.38. The van der Waals surface area contributed by atoms with E-state index in [1.165, 1.54) is 10.6 Å². The second kappa shape index (κ2) is 6.07. The molecule has 0 saturated carbocycles. The molecule has 0 atom stereocenters. The van der Waals surface area contributed by atoms with Gasteiger partial charge in [-0.2, -0.15) is 4.57 Å². The van der Waals surface area contributed by atoms with Gasteiger partial charge in [0.05, 0.1) is 4.88 Å². The van der Waals surface area contributed by atoms with Crippen LogP contribution in [0.1, 0.15) is 10.6 Å². The van der Waals surface area contributed by atoms with E-state index in [2.05, 4.69) is 17.0 Å². The number of rotatable bonds is 2. The lowest BCUT2D eigenvalue weighted by atomic mass is 10.3. The molecule has 0 unspecified atom stereocenters. The number of hydrogen-bond acceptors (Lipinski definition) is 2. The van der Waals surface area contributed by atoms with Crippen LogP contribution >= 0.6 is 11.3 Å². The molecule has 1 rings (SSSR count). The number of aryl methyl sites for hydroxylation is 1. The van der Waals surface area contributed by atoms with Gasteiger partial charge in [0.25, 0.3) is 0 Å². The Hall–Kier alpha value is -0.625. The quantitative estimate of drug-likeness (QED) is 0.478. The highest BCUT2D eigenvalue weighted by atomic mass is 32.1. The van der Waals surface area contributed by atoms with Crippen molar-refractivity contribution in [1.29, 1.82) is 0 Å². The van der Waals surface area contributed by atoms with Crippen molar-refractivity contribution in [3.63, 3.8) is 0 Å². The summed E-state index contributed by atoms with van der Waals surface area (Å²) in [5, 5.41) is 8.65. The summed E-state index contributed by atoms with van der Waals surface area (Å²) < 4.78 is 41.1. The minimum absolute atomic E-state index is 0.251. The second-order valence-electron chi connectivity index (χ2n) is 2.81. The highest BCUT2D eigenvalue weighted by Crippen LogP contribution is 2.09. The van der Waals surface area contributed by atoms with Crippen LogP contribution in [0, 0.1) is 6.92 Å². The predicted octanol–water partition coefficient (Wildman–Crippen LogP) is 1.72. The van der Waals surface area contributed by atoms with Crippen LogP contribution in [0.5, 0.6) is 0 Å². The van der Waals surface area contributed by atoms with Crippen molar-refractivity contribution in [3.05, 3.63) is 16.1 Å². The SMILES string of the molecule is Cc1c(CCO)sc[n+]1C.F[B-](F)(F)F. The Balaban J connectivity index is 0.000000336. The van der Waals surface area contributed by atoms with Crippen LogP contribution in [0.3, 0.4) is 0 Å². The summed E-state index contributed by atoms with van der Waals surface area (Å²) in [6.45, 7) is 2.32. The molecule has 0 aliphatic rings. The highest BCUT2D eigenvalue weighted by Gasteiger charge is 2.20. The molecule has 0 aliphatic carbocycles. The fourth-order valence-corrected chi connectivity index (χ4v) is 1.81. The largest absolute Gasteiger partial charge is 0.673 e. The molecule has 0 fully saturated rings. The first-order valence-electron chi connectivity index (χ1n) is 4.16. The standard InChI is InChI=1S/C7H12NOS.BF4/c1-6-7(3-4-9)10-5-8(6)2;2-1(3,4)5/h5,9H,3-4H2,1-2H3;/q+1;-1. The Bertz CT molecular complexity index is 296. The first kappa shape index (κ1) is 14.4. The summed E-state index contributed by atoms with van der Waals surface area (Å²) >= 11 is 1.70. The minimum Gasteiger partial charge on any atom is -0.418 e. The smallest absolute Gasteiger partial charge is 0.418 e. The van der Waals surface area contributed by atoms with Gasteiger partial charge in [-0.15, -0.1) is 0 Å². The van der Waals surface area contributed by atoms with E-state index in [4.69, 9.17) is 5.11 Å². The van der Waals surface area contributed by atoms with Crippen molar-refractivity contribution in [1.82, 2.24) is 0 Å². The molecule has 0 saturated heterocycles. The van der Waals surface area contributed by atoms with E-state index < -0.39 is 7.25 Å². The third kappa shape index (κ3) is 7.32. The van der Waals surface area contributed by atoms with Gasteiger partial charge in [-0.05, 0) is 0 Å². The summed E-state index contributed by atoms with van der Waals surface area (Å²) in [5.74, 6) is 0. The van der Waals surface area contributed by atoms with Crippen LogP contribution in [-0.2, 0) is 13.5 Å². The lowest BCUT2D eigenvalue weighted by molar-refractivity contribution is -0.673. The van der Waals surface area contributed by atoms with Crippen molar-refractivity contribution in [2.24, 2.45) is 7.05 Å². The van der Waals surface area contributed by atoms with Crippen LogP contribution in [0.2, 0.25) is 0 Å². The molecular weight excluding hydrogens is 233 g/mol. The third-order valence-corrected chi connectivity index (χ3v) is 2.83. The summed E-state index contributed by atoms with van der Waals surface area (Å²) in [6, 6.07) is 0. The predicted molar refractivity (Wildman–Crippen MR) is 51.2 cm³/mol. The molecular formula is C7H12BF4NOS. The summed E-state index contributed by atoms with van der Waals surface area (Å²) in [4.78, 5) is 1.28. The van der Waals surface area contributed by atoms with Crippen molar-refractivity contribution in [2.75, 3.05) is 6.61 Å². The molecule has 88 valence electrons. The Morgan fingerprint density at radius 1 is 1.40 bits per heavy atom. The average molecular weight is 245 g/mol. The van der Waals surface area contributed by atoms with E-state index in [1.54, 1.807) is 11.3 Å². The summed E-state index contributed by atoms with van der Waals surface area (Å²) in [5.41, 5.74) is 3.32. The molecule has 1 heterocycles. The van der Waals surface area contributed by atoms with Gasteiger partial charge in [0.1, 0.15) is 7.05 Å². The van der Waals surface area contributed by atoms with Crippen LogP contribution in [0.25, 0.3) is 0 Å². The van der Waals surface area contributed by atoms with Crippen molar-refractivity contribution in [3.8, 4) is 0 Å². The molecule has 15 heavy (non-hydrogen) atoms. The maximum atomic E-state index is 9.75. The van der Waals surface area contributed by atoms with Gasteiger partial charge < -0.3 is 22.4 Å². The van der Waals surface area contributed by atoms with Crippen molar-refractivity contribution < 1.29 is 26.9 Å². The molecule has 0 bridgehead atoms. The molecule has 1 N–H and O–H groups in total. The molecule has 0 radical (unpaired) electrons. The van der Waals surface area contributed by atoms with E-state index >= 15 is 0 Å². The van der Waals surface area contributed by atoms with Gasteiger partial charge >= 0.3 is 7.25 Å². The van der Waals surface area contributed by atoms with Crippen LogP contribution in [0.15, 0.2) is 5.51 Å². The summed E-state index contributed by atoms with van der Waals surface area (Å²) in [7, 11) is -3.98. The van der Waals surface area contributed by atoms with Gasteiger partial charge in [-0.1, -0.05) is 11.3 Å².